The van der Waals surface area contributed by atoms with Gasteiger partial charge in [-0.25, -0.2) is 0 Å². The standard InChI is InChI=1S/C14H13F3O/c1-2-3-4-5-6-13(18)11-7-9-12(10-8-11)14(15,16)17/h2-10,13,18H,1H2. The molecule has 1 atom stereocenters. The predicted molar refractivity (Wildman–Crippen MR) is 64.9 cm³/mol. The molecule has 1 N–H and O–H groups in total. The Morgan fingerprint density at radius 2 is 1.67 bits per heavy atom. The van der Waals surface area contributed by atoms with Crippen molar-refractivity contribution >= 4 is 0 Å². The second-order valence-electron chi connectivity index (χ2n) is 3.57. The van der Waals surface area contributed by atoms with Crippen LogP contribution < -0.4 is 0 Å². The van der Waals surface area contributed by atoms with Gasteiger partial charge in [0.1, 0.15) is 0 Å². The van der Waals surface area contributed by atoms with Gasteiger partial charge in [-0.1, -0.05) is 49.1 Å². The van der Waals surface area contributed by atoms with Crippen LogP contribution in [0.25, 0.3) is 0 Å². The highest BCUT2D eigenvalue weighted by molar-refractivity contribution is 5.28. The van der Waals surface area contributed by atoms with Gasteiger partial charge < -0.3 is 5.11 Å². The average molecular weight is 254 g/mol. The SMILES string of the molecule is C=CC=CC=CC(O)c1ccc(C(F)(F)F)cc1. The van der Waals surface area contributed by atoms with E-state index in [1.54, 1.807) is 24.3 Å². The molecular formula is C14H13F3O. The number of hydrogen-bond donors (Lipinski definition) is 1. The summed E-state index contributed by atoms with van der Waals surface area (Å²) < 4.78 is 36.9. The Kier molecular flexibility index (Phi) is 4.92. The Balaban J connectivity index is 2.76. The van der Waals surface area contributed by atoms with E-state index in [-0.39, 0.29) is 0 Å². The molecule has 1 unspecified atom stereocenters. The number of alkyl halides is 3. The number of halogens is 3. The van der Waals surface area contributed by atoms with E-state index in [0.717, 1.165) is 12.1 Å². The maximum Gasteiger partial charge on any atom is 0.416 e. The molecule has 0 aliphatic rings. The molecule has 0 saturated heterocycles. The molecule has 0 radical (unpaired) electrons. The summed E-state index contributed by atoms with van der Waals surface area (Å²) in [6, 6.07) is 4.42. The second-order valence-corrected chi connectivity index (χ2v) is 3.57. The minimum Gasteiger partial charge on any atom is -0.384 e. The van der Waals surface area contributed by atoms with Crippen molar-refractivity contribution in [3.63, 3.8) is 0 Å². The highest BCUT2D eigenvalue weighted by Gasteiger charge is 2.30. The summed E-state index contributed by atoms with van der Waals surface area (Å²) in [7, 11) is 0. The van der Waals surface area contributed by atoms with Crippen molar-refractivity contribution < 1.29 is 18.3 Å². The molecule has 1 aromatic rings. The molecule has 1 nitrogen and oxygen atoms in total. The second kappa shape index (κ2) is 6.21. The summed E-state index contributed by atoms with van der Waals surface area (Å²) in [5.41, 5.74) is -0.319. The lowest BCUT2D eigenvalue weighted by Crippen LogP contribution is -2.05. The van der Waals surface area contributed by atoms with Crippen molar-refractivity contribution in [2.45, 2.75) is 12.3 Å². The van der Waals surface area contributed by atoms with Crippen LogP contribution in [0.3, 0.4) is 0 Å². The predicted octanol–water partition coefficient (Wildman–Crippen LogP) is 4.04. The van der Waals surface area contributed by atoms with Gasteiger partial charge in [-0.15, -0.1) is 0 Å². The van der Waals surface area contributed by atoms with E-state index < -0.39 is 17.8 Å². The van der Waals surface area contributed by atoms with E-state index in [0.29, 0.717) is 5.56 Å². The first-order valence-corrected chi connectivity index (χ1v) is 5.26. The zero-order valence-corrected chi connectivity index (χ0v) is 9.56. The summed E-state index contributed by atoms with van der Waals surface area (Å²) >= 11 is 0. The maximum absolute atomic E-state index is 12.3. The molecule has 0 fully saturated rings. The maximum atomic E-state index is 12.3. The molecule has 0 aliphatic heterocycles. The molecule has 4 heteroatoms. The molecule has 0 spiro atoms. The third-order valence-corrected chi connectivity index (χ3v) is 2.23. The first kappa shape index (κ1) is 14.3. The van der Waals surface area contributed by atoms with Gasteiger partial charge in [0.25, 0.3) is 0 Å². The third-order valence-electron chi connectivity index (χ3n) is 2.23. The molecule has 0 aromatic heterocycles. The van der Waals surface area contributed by atoms with Crippen molar-refractivity contribution in [2.75, 3.05) is 0 Å². The third kappa shape index (κ3) is 4.22. The first-order chi connectivity index (χ1) is 8.45. The summed E-state index contributed by atoms with van der Waals surface area (Å²) in [5, 5.41) is 9.69. The molecule has 0 saturated carbocycles. The molecule has 0 heterocycles. The van der Waals surface area contributed by atoms with Gasteiger partial charge in [0.15, 0.2) is 0 Å². The summed E-state index contributed by atoms with van der Waals surface area (Å²) in [4.78, 5) is 0. The molecular weight excluding hydrogens is 241 g/mol. The van der Waals surface area contributed by atoms with Gasteiger partial charge in [0.2, 0.25) is 0 Å². The fourth-order valence-electron chi connectivity index (χ4n) is 1.29. The van der Waals surface area contributed by atoms with E-state index in [2.05, 4.69) is 6.58 Å². The zero-order chi connectivity index (χ0) is 13.6. The zero-order valence-electron chi connectivity index (χ0n) is 9.56. The quantitative estimate of drug-likeness (QED) is 0.804. The number of aliphatic hydroxyl groups is 1. The Morgan fingerprint density at radius 1 is 1.06 bits per heavy atom. The minimum absolute atomic E-state index is 0.409. The van der Waals surface area contributed by atoms with E-state index in [1.165, 1.54) is 18.2 Å². The Labute approximate surface area is 104 Å². The molecule has 18 heavy (non-hydrogen) atoms. The van der Waals surface area contributed by atoms with Crippen molar-refractivity contribution in [1.29, 1.82) is 0 Å². The van der Waals surface area contributed by atoms with Crippen LogP contribution in [0, 0.1) is 0 Å². The van der Waals surface area contributed by atoms with Gasteiger partial charge >= 0.3 is 6.18 Å². The Hall–Kier alpha value is -1.81. The van der Waals surface area contributed by atoms with Crippen molar-refractivity contribution in [2.24, 2.45) is 0 Å². The fraction of sp³-hybridized carbons (Fsp3) is 0.143. The average Bonchev–Trinajstić information content (AvgIpc) is 2.33. The number of allylic oxidation sites excluding steroid dienone is 4. The highest BCUT2D eigenvalue weighted by Crippen LogP contribution is 2.30. The normalized spacial score (nSPS) is 14.2. The molecule has 1 rings (SSSR count). The van der Waals surface area contributed by atoms with Crippen LogP contribution in [0.2, 0.25) is 0 Å². The summed E-state index contributed by atoms with van der Waals surface area (Å²) in [6.45, 7) is 3.48. The molecule has 0 aliphatic carbocycles. The number of aliphatic hydroxyl groups excluding tert-OH is 1. The lowest BCUT2D eigenvalue weighted by Gasteiger charge is -2.09. The molecule has 1 aromatic carbocycles. The Bertz CT molecular complexity index is 441. The van der Waals surface area contributed by atoms with Crippen LogP contribution in [-0.2, 0) is 6.18 Å². The number of hydrogen-bond acceptors (Lipinski definition) is 1. The monoisotopic (exact) mass is 254 g/mol. The van der Waals surface area contributed by atoms with Gasteiger partial charge in [0.05, 0.1) is 11.7 Å². The van der Waals surface area contributed by atoms with Gasteiger partial charge in [-0.2, -0.15) is 13.2 Å². The van der Waals surface area contributed by atoms with E-state index in [9.17, 15) is 18.3 Å². The molecule has 0 amide bonds. The number of benzene rings is 1. The van der Waals surface area contributed by atoms with E-state index in [1.807, 2.05) is 0 Å². The molecule has 96 valence electrons. The van der Waals surface area contributed by atoms with Crippen LogP contribution in [0.1, 0.15) is 17.2 Å². The minimum atomic E-state index is -4.36. The smallest absolute Gasteiger partial charge is 0.384 e. The van der Waals surface area contributed by atoms with Gasteiger partial charge in [-0.3, -0.25) is 0 Å². The first-order valence-electron chi connectivity index (χ1n) is 5.26. The highest BCUT2D eigenvalue weighted by atomic mass is 19.4. The van der Waals surface area contributed by atoms with Crippen molar-refractivity contribution in [1.82, 2.24) is 0 Å². The lowest BCUT2D eigenvalue weighted by molar-refractivity contribution is -0.137. The lowest BCUT2D eigenvalue weighted by atomic mass is 10.1. The van der Waals surface area contributed by atoms with Crippen molar-refractivity contribution in [3.05, 3.63) is 72.4 Å². The fourth-order valence-corrected chi connectivity index (χ4v) is 1.29. The van der Waals surface area contributed by atoms with Crippen molar-refractivity contribution in [3.8, 4) is 0 Å². The van der Waals surface area contributed by atoms with Crippen LogP contribution in [0.5, 0.6) is 0 Å². The van der Waals surface area contributed by atoms with Crippen LogP contribution >= 0.6 is 0 Å². The van der Waals surface area contributed by atoms with Gasteiger partial charge in [-0.05, 0) is 17.7 Å². The van der Waals surface area contributed by atoms with Gasteiger partial charge in [0, 0.05) is 0 Å². The van der Waals surface area contributed by atoms with E-state index >= 15 is 0 Å². The topological polar surface area (TPSA) is 20.2 Å². The van der Waals surface area contributed by atoms with Crippen LogP contribution in [0.4, 0.5) is 13.2 Å². The van der Waals surface area contributed by atoms with E-state index in [4.69, 9.17) is 0 Å². The number of rotatable bonds is 4. The summed E-state index contributed by atoms with van der Waals surface area (Å²) in [5.74, 6) is 0. The van der Waals surface area contributed by atoms with Crippen LogP contribution in [-0.4, -0.2) is 5.11 Å². The Morgan fingerprint density at radius 3 is 2.17 bits per heavy atom. The molecule has 0 bridgehead atoms. The van der Waals surface area contributed by atoms with Crippen LogP contribution in [0.15, 0.2) is 61.2 Å². The summed E-state index contributed by atoms with van der Waals surface area (Å²) in [6.07, 6.45) is 2.71. The largest absolute Gasteiger partial charge is 0.416 e.